The highest BCUT2D eigenvalue weighted by Gasteiger charge is 2.39. The van der Waals surface area contributed by atoms with Gasteiger partial charge in [0.2, 0.25) is 0 Å². The SMILES string of the molecule is CCCCC(CC)CN1C(=O)c2ccc3c4c(ccc(c24)C1=O)C(=S)N(CC(CC)CCCC)C3=O. The van der Waals surface area contributed by atoms with E-state index in [2.05, 4.69) is 27.7 Å². The second-order valence-electron chi connectivity index (χ2n) is 10.3. The Balaban J connectivity index is 1.72. The molecule has 0 aromatic heterocycles. The third kappa shape index (κ3) is 4.60. The van der Waals surface area contributed by atoms with Gasteiger partial charge in [-0.25, -0.2) is 0 Å². The van der Waals surface area contributed by atoms with E-state index < -0.39 is 0 Å². The lowest BCUT2D eigenvalue weighted by Crippen LogP contribution is -2.45. The number of hydrogen-bond donors (Lipinski definition) is 0. The maximum Gasteiger partial charge on any atom is 0.261 e. The monoisotopic (exact) mass is 506 g/mol. The van der Waals surface area contributed by atoms with Crippen molar-refractivity contribution in [3.8, 4) is 0 Å². The first kappa shape index (κ1) is 26.5. The average molecular weight is 507 g/mol. The van der Waals surface area contributed by atoms with Gasteiger partial charge >= 0.3 is 0 Å². The molecule has 0 aliphatic carbocycles. The highest BCUT2D eigenvalue weighted by Crippen LogP contribution is 2.39. The normalized spacial score (nSPS) is 16.8. The quantitative estimate of drug-likeness (QED) is 0.230. The van der Waals surface area contributed by atoms with Crippen LogP contribution >= 0.6 is 12.2 Å². The molecular weight excluding hydrogens is 468 g/mol. The van der Waals surface area contributed by atoms with E-state index in [1.807, 2.05) is 6.07 Å². The van der Waals surface area contributed by atoms with E-state index in [9.17, 15) is 14.4 Å². The zero-order valence-corrected chi connectivity index (χ0v) is 22.9. The third-order valence-corrected chi connectivity index (χ3v) is 8.47. The minimum Gasteiger partial charge on any atom is -0.298 e. The van der Waals surface area contributed by atoms with Crippen molar-refractivity contribution in [3.63, 3.8) is 0 Å². The van der Waals surface area contributed by atoms with Crippen LogP contribution in [0.2, 0.25) is 0 Å². The number of rotatable bonds is 12. The van der Waals surface area contributed by atoms with Crippen LogP contribution in [0.15, 0.2) is 24.3 Å². The van der Waals surface area contributed by atoms with Crippen LogP contribution in [0.4, 0.5) is 0 Å². The number of amides is 3. The highest BCUT2D eigenvalue weighted by atomic mass is 32.1. The summed E-state index contributed by atoms with van der Waals surface area (Å²) in [6.45, 7) is 9.63. The van der Waals surface area contributed by atoms with Crippen molar-refractivity contribution < 1.29 is 14.4 Å². The van der Waals surface area contributed by atoms with Crippen LogP contribution in [0, 0.1) is 11.8 Å². The summed E-state index contributed by atoms with van der Waals surface area (Å²) in [6.07, 6.45) is 8.41. The molecule has 0 N–H and O–H groups in total. The van der Waals surface area contributed by atoms with Crippen LogP contribution in [0.1, 0.15) is 116 Å². The van der Waals surface area contributed by atoms with E-state index in [4.69, 9.17) is 12.2 Å². The Hall–Kier alpha value is -2.60. The lowest BCUT2D eigenvalue weighted by atomic mass is 9.85. The minimum absolute atomic E-state index is 0.126. The topological polar surface area (TPSA) is 57.7 Å². The second-order valence-corrected chi connectivity index (χ2v) is 10.7. The van der Waals surface area contributed by atoms with Crippen molar-refractivity contribution in [2.24, 2.45) is 11.8 Å². The first-order chi connectivity index (χ1) is 17.4. The van der Waals surface area contributed by atoms with Gasteiger partial charge in [-0.15, -0.1) is 0 Å². The molecule has 2 aromatic carbocycles. The average Bonchev–Trinajstić information content (AvgIpc) is 2.89. The fraction of sp³-hybridized carbons (Fsp3) is 0.533. The molecule has 2 aliphatic rings. The summed E-state index contributed by atoms with van der Waals surface area (Å²) in [5.41, 5.74) is 2.30. The van der Waals surface area contributed by atoms with E-state index in [1.165, 1.54) is 4.90 Å². The molecule has 6 heteroatoms. The predicted octanol–water partition coefficient (Wildman–Crippen LogP) is 7.00. The van der Waals surface area contributed by atoms with Crippen LogP contribution < -0.4 is 0 Å². The number of carbonyl (C=O) groups is 3. The third-order valence-electron chi connectivity index (χ3n) is 8.03. The van der Waals surface area contributed by atoms with Gasteiger partial charge in [0.1, 0.15) is 4.99 Å². The van der Waals surface area contributed by atoms with E-state index in [0.29, 0.717) is 51.5 Å². The number of imide groups is 1. The molecular formula is C30H38N2O3S. The zero-order valence-electron chi connectivity index (χ0n) is 22.1. The van der Waals surface area contributed by atoms with Gasteiger partial charge in [0.05, 0.1) is 0 Å². The van der Waals surface area contributed by atoms with E-state index in [-0.39, 0.29) is 23.6 Å². The van der Waals surface area contributed by atoms with E-state index >= 15 is 0 Å². The van der Waals surface area contributed by atoms with E-state index in [1.54, 1.807) is 23.1 Å². The van der Waals surface area contributed by atoms with Crippen LogP contribution in [0.5, 0.6) is 0 Å². The Morgan fingerprint density at radius 1 is 0.639 bits per heavy atom. The molecule has 4 rings (SSSR count). The molecule has 0 radical (unpaired) electrons. The van der Waals surface area contributed by atoms with Crippen molar-refractivity contribution in [2.75, 3.05) is 13.1 Å². The number of benzene rings is 2. The maximum atomic E-state index is 13.6. The van der Waals surface area contributed by atoms with Gasteiger partial charge in [0, 0.05) is 46.1 Å². The molecule has 0 bridgehead atoms. The van der Waals surface area contributed by atoms with Crippen LogP contribution in [0.25, 0.3) is 10.8 Å². The number of nitrogens with zero attached hydrogens (tertiary/aromatic N) is 2. The molecule has 0 spiro atoms. The molecule has 0 fully saturated rings. The second kappa shape index (κ2) is 11.2. The van der Waals surface area contributed by atoms with Gasteiger partial charge in [0.15, 0.2) is 0 Å². The Bertz CT molecular complexity index is 1040. The Kier molecular flexibility index (Phi) is 8.23. The molecule has 0 saturated carbocycles. The van der Waals surface area contributed by atoms with Gasteiger partial charge in [-0.2, -0.15) is 0 Å². The van der Waals surface area contributed by atoms with Gasteiger partial charge in [-0.3, -0.25) is 24.2 Å². The lowest BCUT2D eigenvalue weighted by Gasteiger charge is -2.35. The van der Waals surface area contributed by atoms with Crippen LogP contribution in [-0.2, 0) is 0 Å². The standard InChI is InChI=1S/C30H38N2O3S/c1-5-9-11-19(7-3)17-31-27(33)21-13-14-23-26-24(16-15-22(25(21)26)28(31)34)30(36)32(29(23)35)18-20(8-4)12-10-6-2/h13-16,19-20H,5-12,17-18H2,1-4H3. The van der Waals surface area contributed by atoms with Gasteiger partial charge in [-0.1, -0.05) is 84.5 Å². The lowest BCUT2D eigenvalue weighted by molar-refractivity contribution is 0.0579. The molecule has 2 aromatic rings. The molecule has 2 unspecified atom stereocenters. The van der Waals surface area contributed by atoms with Crippen molar-refractivity contribution in [2.45, 2.75) is 79.1 Å². The Morgan fingerprint density at radius 3 is 1.47 bits per heavy atom. The molecule has 5 nitrogen and oxygen atoms in total. The number of carbonyl (C=O) groups excluding carboxylic acids is 3. The Labute approximate surface area is 220 Å². The maximum absolute atomic E-state index is 13.6. The summed E-state index contributed by atoms with van der Waals surface area (Å²) in [5.74, 6) is 0.0145. The molecule has 0 saturated heterocycles. The summed E-state index contributed by atoms with van der Waals surface area (Å²) < 4.78 is 0. The summed E-state index contributed by atoms with van der Waals surface area (Å²) in [4.78, 5) is 44.4. The first-order valence-corrected chi connectivity index (χ1v) is 14.1. The molecule has 2 atom stereocenters. The molecule has 36 heavy (non-hydrogen) atoms. The molecule has 2 heterocycles. The number of hydrogen-bond acceptors (Lipinski definition) is 4. The molecule has 192 valence electrons. The summed E-state index contributed by atoms with van der Waals surface area (Å²) in [7, 11) is 0. The number of unbranched alkanes of at least 4 members (excludes halogenated alkanes) is 2. The van der Waals surface area contributed by atoms with Gasteiger partial charge < -0.3 is 0 Å². The van der Waals surface area contributed by atoms with Gasteiger partial charge in [-0.05, 0) is 42.9 Å². The minimum atomic E-state index is -0.266. The fourth-order valence-corrected chi connectivity index (χ4v) is 5.98. The highest BCUT2D eigenvalue weighted by molar-refractivity contribution is 7.80. The van der Waals surface area contributed by atoms with Crippen molar-refractivity contribution in [1.29, 1.82) is 0 Å². The first-order valence-electron chi connectivity index (χ1n) is 13.7. The largest absolute Gasteiger partial charge is 0.298 e. The summed E-state index contributed by atoms with van der Waals surface area (Å²) in [6, 6.07) is 7.17. The number of thiocarbonyl (C=S) groups is 1. The summed E-state index contributed by atoms with van der Waals surface area (Å²) >= 11 is 5.83. The Morgan fingerprint density at radius 2 is 1.03 bits per heavy atom. The summed E-state index contributed by atoms with van der Waals surface area (Å²) in [5, 5.41) is 1.25. The van der Waals surface area contributed by atoms with Crippen LogP contribution in [-0.4, -0.2) is 45.6 Å². The van der Waals surface area contributed by atoms with Gasteiger partial charge in [0.25, 0.3) is 17.7 Å². The molecule has 3 amide bonds. The van der Waals surface area contributed by atoms with E-state index in [0.717, 1.165) is 56.9 Å². The van der Waals surface area contributed by atoms with Crippen LogP contribution in [0.3, 0.4) is 0 Å². The van der Waals surface area contributed by atoms with Crippen molar-refractivity contribution in [3.05, 3.63) is 46.5 Å². The predicted molar refractivity (Wildman–Crippen MR) is 149 cm³/mol. The van der Waals surface area contributed by atoms with Crippen molar-refractivity contribution in [1.82, 2.24) is 9.80 Å². The van der Waals surface area contributed by atoms with Crippen molar-refractivity contribution >= 4 is 45.7 Å². The fourth-order valence-electron chi connectivity index (χ4n) is 5.66. The smallest absolute Gasteiger partial charge is 0.261 e. The molecule has 2 aliphatic heterocycles. The zero-order chi connectivity index (χ0) is 26.0.